The normalized spacial score (nSPS) is 10.4. The zero-order valence-corrected chi connectivity index (χ0v) is 9.27. The molecule has 0 aliphatic heterocycles. The van der Waals surface area contributed by atoms with Crippen molar-refractivity contribution < 1.29 is 9.90 Å². The van der Waals surface area contributed by atoms with Crippen LogP contribution in [0.5, 0.6) is 5.75 Å². The lowest BCUT2D eigenvalue weighted by Crippen LogP contribution is -2.21. The van der Waals surface area contributed by atoms with Crippen LogP contribution in [0.1, 0.15) is 10.4 Å². The van der Waals surface area contributed by atoms with E-state index in [2.05, 4.69) is 0 Å². The topological polar surface area (TPSA) is 40.5 Å². The fraction of sp³-hybridized carbons (Fsp3) is 0.154. The van der Waals surface area contributed by atoms with Crippen LogP contribution in [-0.2, 0) is 0 Å². The number of carbonyl (C=O) groups excluding carboxylic acids is 1. The van der Waals surface area contributed by atoms with Gasteiger partial charge in [-0.1, -0.05) is 24.3 Å². The predicted molar refractivity (Wildman–Crippen MR) is 63.6 cm³/mol. The first kappa shape index (κ1) is 10.5. The number of carbonyl (C=O) groups is 1. The number of rotatable bonds is 1. The molecule has 0 bridgehead atoms. The fourth-order valence-electron chi connectivity index (χ4n) is 1.67. The largest absolute Gasteiger partial charge is 0.507 e. The number of phenols is 1. The van der Waals surface area contributed by atoms with Crippen molar-refractivity contribution in [2.45, 2.75) is 0 Å². The minimum Gasteiger partial charge on any atom is -0.507 e. The van der Waals surface area contributed by atoms with Gasteiger partial charge < -0.3 is 10.0 Å². The Balaban J connectivity index is 2.62. The number of hydrogen-bond donors (Lipinski definition) is 1. The molecular weight excluding hydrogens is 202 g/mol. The van der Waals surface area contributed by atoms with Crippen LogP contribution in [0.2, 0.25) is 0 Å². The van der Waals surface area contributed by atoms with Crippen molar-refractivity contribution in [3.05, 3.63) is 42.0 Å². The summed E-state index contributed by atoms with van der Waals surface area (Å²) in [6.45, 7) is 0. The molecule has 0 fully saturated rings. The van der Waals surface area contributed by atoms with Crippen molar-refractivity contribution in [3.63, 3.8) is 0 Å². The average molecular weight is 215 g/mol. The van der Waals surface area contributed by atoms with Gasteiger partial charge in [0.15, 0.2) is 0 Å². The Kier molecular flexibility index (Phi) is 2.52. The molecule has 0 aliphatic carbocycles. The molecule has 2 rings (SSSR count). The maximum atomic E-state index is 11.8. The molecule has 1 amide bonds. The van der Waals surface area contributed by atoms with Gasteiger partial charge in [-0.15, -0.1) is 0 Å². The van der Waals surface area contributed by atoms with Gasteiger partial charge >= 0.3 is 0 Å². The van der Waals surface area contributed by atoms with Crippen LogP contribution in [0.4, 0.5) is 0 Å². The molecule has 0 saturated carbocycles. The molecule has 2 aromatic carbocycles. The molecular formula is C13H13NO2. The summed E-state index contributed by atoms with van der Waals surface area (Å²) in [6, 6.07) is 10.7. The second-order valence-electron chi connectivity index (χ2n) is 3.92. The van der Waals surface area contributed by atoms with Gasteiger partial charge in [0, 0.05) is 25.0 Å². The van der Waals surface area contributed by atoms with E-state index in [-0.39, 0.29) is 11.7 Å². The Morgan fingerprint density at radius 1 is 1.19 bits per heavy atom. The Hall–Kier alpha value is -2.03. The highest BCUT2D eigenvalue weighted by Crippen LogP contribution is 2.26. The average Bonchev–Trinajstić information content (AvgIpc) is 2.28. The lowest BCUT2D eigenvalue weighted by Gasteiger charge is -2.11. The van der Waals surface area contributed by atoms with Crippen LogP contribution >= 0.6 is 0 Å². The number of hydrogen-bond acceptors (Lipinski definition) is 2. The summed E-state index contributed by atoms with van der Waals surface area (Å²) in [5.41, 5.74) is 0.501. The standard InChI is InChI=1S/C13H13NO2/c1-14(2)13(16)10-7-9-5-3-4-6-11(9)12(15)8-10/h3-8,15H,1-2H3. The van der Waals surface area contributed by atoms with Crippen molar-refractivity contribution in [1.82, 2.24) is 4.90 Å². The molecule has 3 nitrogen and oxygen atoms in total. The van der Waals surface area contributed by atoms with Crippen molar-refractivity contribution in [2.75, 3.05) is 14.1 Å². The fourth-order valence-corrected chi connectivity index (χ4v) is 1.67. The zero-order valence-electron chi connectivity index (χ0n) is 9.27. The Morgan fingerprint density at radius 3 is 2.56 bits per heavy atom. The van der Waals surface area contributed by atoms with Crippen molar-refractivity contribution in [2.24, 2.45) is 0 Å². The van der Waals surface area contributed by atoms with E-state index in [0.717, 1.165) is 10.8 Å². The summed E-state index contributed by atoms with van der Waals surface area (Å²) in [5.74, 6) is 0.0318. The number of nitrogens with zero attached hydrogens (tertiary/aromatic N) is 1. The first-order valence-corrected chi connectivity index (χ1v) is 5.03. The molecule has 2 aromatic rings. The van der Waals surface area contributed by atoms with E-state index in [1.165, 1.54) is 11.0 Å². The van der Waals surface area contributed by atoms with E-state index in [4.69, 9.17) is 0 Å². The first-order valence-electron chi connectivity index (χ1n) is 5.03. The highest BCUT2D eigenvalue weighted by Gasteiger charge is 2.10. The van der Waals surface area contributed by atoms with Crippen LogP contribution in [0.15, 0.2) is 36.4 Å². The van der Waals surface area contributed by atoms with Gasteiger partial charge in [-0.3, -0.25) is 4.79 Å². The van der Waals surface area contributed by atoms with E-state index in [1.807, 2.05) is 24.3 Å². The highest BCUT2D eigenvalue weighted by atomic mass is 16.3. The third-order valence-electron chi connectivity index (χ3n) is 2.49. The Morgan fingerprint density at radius 2 is 1.88 bits per heavy atom. The molecule has 0 aliphatic rings. The van der Waals surface area contributed by atoms with Gasteiger partial charge in [0.1, 0.15) is 5.75 Å². The number of fused-ring (bicyclic) bond motifs is 1. The third kappa shape index (κ3) is 1.72. The summed E-state index contributed by atoms with van der Waals surface area (Å²) < 4.78 is 0. The van der Waals surface area contributed by atoms with E-state index in [9.17, 15) is 9.90 Å². The maximum Gasteiger partial charge on any atom is 0.253 e. The predicted octanol–water partition coefficient (Wildman–Crippen LogP) is 2.25. The molecule has 0 saturated heterocycles. The minimum atomic E-state index is -0.110. The SMILES string of the molecule is CN(C)C(=O)c1cc(O)c2ccccc2c1. The molecule has 16 heavy (non-hydrogen) atoms. The molecule has 0 unspecified atom stereocenters. The van der Waals surface area contributed by atoms with Crippen molar-refractivity contribution >= 4 is 16.7 Å². The Bertz CT molecular complexity index is 547. The molecule has 1 N–H and O–H groups in total. The quantitative estimate of drug-likeness (QED) is 0.792. The van der Waals surface area contributed by atoms with Gasteiger partial charge in [-0.2, -0.15) is 0 Å². The van der Waals surface area contributed by atoms with E-state index < -0.39 is 0 Å². The van der Waals surface area contributed by atoms with Gasteiger partial charge in [-0.25, -0.2) is 0 Å². The van der Waals surface area contributed by atoms with Crippen molar-refractivity contribution in [1.29, 1.82) is 0 Å². The summed E-state index contributed by atoms with van der Waals surface area (Å²) in [7, 11) is 3.38. The monoisotopic (exact) mass is 215 g/mol. The van der Waals surface area contributed by atoms with Gasteiger partial charge in [-0.05, 0) is 17.5 Å². The summed E-state index contributed by atoms with van der Waals surface area (Å²) >= 11 is 0. The zero-order chi connectivity index (χ0) is 11.7. The molecule has 0 atom stereocenters. The van der Waals surface area contributed by atoms with Gasteiger partial charge in [0.2, 0.25) is 0 Å². The third-order valence-corrected chi connectivity index (χ3v) is 2.49. The number of amides is 1. The maximum absolute atomic E-state index is 11.8. The van der Waals surface area contributed by atoms with Gasteiger partial charge in [0.25, 0.3) is 5.91 Å². The van der Waals surface area contributed by atoms with E-state index in [0.29, 0.717) is 5.56 Å². The molecule has 0 radical (unpaired) electrons. The smallest absolute Gasteiger partial charge is 0.253 e. The highest BCUT2D eigenvalue weighted by molar-refractivity contribution is 6.00. The summed E-state index contributed by atoms with van der Waals surface area (Å²) in [5, 5.41) is 11.4. The molecule has 3 heteroatoms. The second kappa shape index (κ2) is 3.85. The van der Waals surface area contributed by atoms with Crippen LogP contribution in [0.25, 0.3) is 10.8 Å². The number of benzene rings is 2. The van der Waals surface area contributed by atoms with Crippen LogP contribution < -0.4 is 0 Å². The lowest BCUT2D eigenvalue weighted by atomic mass is 10.1. The van der Waals surface area contributed by atoms with Crippen molar-refractivity contribution in [3.8, 4) is 5.75 Å². The Labute approximate surface area is 93.9 Å². The lowest BCUT2D eigenvalue weighted by molar-refractivity contribution is 0.0827. The first-order chi connectivity index (χ1) is 7.59. The van der Waals surface area contributed by atoms with Crippen LogP contribution in [-0.4, -0.2) is 30.0 Å². The molecule has 82 valence electrons. The van der Waals surface area contributed by atoms with Crippen LogP contribution in [0.3, 0.4) is 0 Å². The van der Waals surface area contributed by atoms with E-state index in [1.54, 1.807) is 20.2 Å². The number of aromatic hydroxyl groups is 1. The summed E-state index contributed by atoms with van der Waals surface area (Å²) in [6.07, 6.45) is 0. The number of phenolic OH excluding ortho intramolecular Hbond substituents is 1. The molecule has 0 heterocycles. The summed E-state index contributed by atoms with van der Waals surface area (Å²) in [4.78, 5) is 13.2. The molecule has 0 spiro atoms. The van der Waals surface area contributed by atoms with Crippen LogP contribution in [0, 0.1) is 0 Å². The van der Waals surface area contributed by atoms with Gasteiger partial charge in [0.05, 0.1) is 0 Å². The second-order valence-corrected chi connectivity index (χ2v) is 3.92. The molecule has 0 aromatic heterocycles. The van der Waals surface area contributed by atoms with E-state index >= 15 is 0 Å². The minimum absolute atomic E-state index is 0.110.